The molecule has 1 aromatic carbocycles. The predicted molar refractivity (Wildman–Crippen MR) is 93.8 cm³/mol. The Bertz CT molecular complexity index is 858. The Morgan fingerprint density at radius 2 is 2.15 bits per heavy atom. The molecule has 1 atom stereocenters. The second kappa shape index (κ2) is 8.87. The second-order valence-electron chi connectivity index (χ2n) is 6.28. The van der Waals surface area contributed by atoms with Crippen molar-refractivity contribution in [3.8, 4) is 0 Å². The minimum atomic E-state index is -3.62. The fourth-order valence-corrected chi connectivity index (χ4v) is 4.49. The zero-order valence-electron chi connectivity index (χ0n) is 15.0. The molecule has 1 saturated heterocycles. The van der Waals surface area contributed by atoms with E-state index in [1.807, 2.05) is 0 Å². The van der Waals surface area contributed by atoms with Crippen molar-refractivity contribution >= 4 is 10.0 Å². The van der Waals surface area contributed by atoms with Crippen molar-refractivity contribution in [2.45, 2.75) is 24.7 Å². The van der Waals surface area contributed by atoms with Gasteiger partial charge in [0.1, 0.15) is 12.4 Å². The van der Waals surface area contributed by atoms with E-state index in [-0.39, 0.29) is 30.4 Å². The quantitative estimate of drug-likeness (QED) is 0.592. The Morgan fingerprint density at radius 3 is 2.93 bits per heavy atom. The van der Waals surface area contributed by atoms with Gasteiger partial charge in [0.05, 0.1) is 19.0 Å². The fraction of sp³-hybridized carbons (Fsp3) is 0.529. The summed E-state index contributed by atoms with van der Waals surface area (Å²) >= 11 is 0. The molecule has 0 N–H and O–H groups in total. The third-order valence-corrected chi connectivity index (χ3v) is 6.14. The number of halogens is 1. The van der Waals surface area contributed by atoms with Crippen molar-refractivity contribution in [2.75, 3.05) is 33.4 Å². The van der Waals surface area contributed by atoms with E-state index in [9.17, 15) is 12.8 Å². The number of hydrogen-bond donors (Lipinski definition) is 0. The van der Waals surface area contributed by atoms with Crippen molar-refractivity contribution in [3.63, 3.8) is 0 Å². The van der Waals surface area contributed by atoms with E-state index >= 15 is 0 Å². The maximum Gasteiger partial charge on any atom is 0.252 e. The van der Waals surface area contributed by atoms with Crippen LogP contribution in [0.3, 0.4) is 0 Å². The molecule has 0 amide bonds. The van der Waals surface area contributed by atoms with Crippen LogP contribution in [0.1, 0.15) is 29.6 Å². The van der Waals surface area contributed by atoms with Crippen LogP contribution in [0.2, 0.25) is 0 Å². The largest absolute Gasteiger partial charge is 0.382 e. The molecule has 2 heterocycles. The Labute approximate surface area is 157 Å². The highest BCUT2D eigenvalue weighted by Gasteiger charge is 2.34. The number of benzene rings is 1. The van der Waals surface area contributed by atoms with Gasteiger partial charge in [0.2, 0.25) is 10.0 Å². The maximum absolute atomic E-state index is 13.8. The standard InChI is InChI=1S/C17H22FN3O5S/c1-24-8-9-25-11-16-19-17(20-26-16)13-6-7-21(10-13)27(22,23)12-14-4-2-3-5-15(14)18/h2-5,13H,6-12H2,1H3. The summed E-state index contributed by atoms with van der Waals surface area (Å²) in [4.78, 5) is 4.28. The van der Waals surface area contributed by atoms with Crippen molar-refractivity contribution in [2.24, 2.45) is 0 Å². The smallest absolute Gasteiger partial charge is 0.252 e. The first kappa shape index (κ1) is 19.9. The number of aromatic nitrogens is 2. The minimum absolute atomic E-state index is 0.156. The molecule has 0 radical (unpaired) electrons. The van der Waals surface area contributed by atoms with E-state index in [4.69, 9.17) is 14.0 Å². The summed E-state index contributed by atoms with van der Waals surface area (Å²) in [6.45, 7) is 1.66. The molecule has 1 aliphatic heterocycles. The summed E-state index contributed by atoms with van der Waals surface area (Å²) in [6.07, 6.45) is 0.583. The average molecular weight is 399 g/mol. The van der Waals surface area contributed by atoms with Crippen molar-refractivity contribution in [3.05, 3.63) is 47.4 Å². The third kappa shape index (κ3) is 5.10. The van der Waals surface area contributed by atoms with Gasteiger partial charge in [-0.25, -0.2) is 17.1 Å². The van der Waals surface area contributed by atoms with Crippen molar-refractivity contribution < 1.29 is 26.8 Å². The Kier molecular flexibility index (Phi) is 6.53. The van der Waals surface area contributed by atoms with E-state index in [1.165, 1.54) is 22.5 Å². The molecule has 2 aromatic rings. The van der Waals surface area contributed by atoms with Gasteiger partial charge in [0.25, 0.3) is 5.89 Å². The predicted octanol–water partition coefficient (Wildman–Crippen LogP) is 1.69. The Balaban J connectivity index is 1.58. The molecule has 8 nitrogen and oxygen atoms in total. The lowest BCUT2D eigenvalue weighted by molar-refractivity contribution is 0.0494. The lowest BCUT2D eigenvalue weighted by Gasteiger charge is -2.16. The number of hydrogen-bond acceptors (Lipinski definition) is 7. The maximum atomic E-state index is 13.8. The van der Waals surface area contributed by atoms with Gasteiger partial charge in [-0.15, -0.1) is 0 Å². The lowest BCUT2D eigenvalue weighted by Crippen LogP contribution is -2.30. The van der Waals surface area contributed by atoms with Gasteiger partial charge in [-0.1, -0.05) is 23.4 Å². The highest BCUT2D eigenvalue weighted by Crippen LogP contribution is 2.28. The zero-order valence-corrected chi connectivity index (χ0v) is 15.8. The molecule has 1 unspecified atom stereocenters. The van der Waals surface area contributed by atoms with Crippen LogP contribution in [0, 0.1) is 5.82 Å². The SMILES string of the molecule is COCCOCc1nc(C2CCN(S(=O)(=O)Cc3ccccc3F)C2)no1. The molecule has 0 bridgehead atoms. The Morgan fingerprint density at radius 1 is 1.33 bits per heavy atom. The van der Waals surface area contributed by atoms with Gasteiger partial charge in [0.15, 0.2) is 5.82 Å². The molecule has 0 saturated carbocycles. The van der Waals surface area contributed by atoms with Crippen LogP contribution in [0.4, 0.5) is 4.39 Å². The highest BCUT2D eigenvalue weighted by atomic mass is 32.2. The molecule has 0 aliphatic carbocycles. The van der Waals surface area contributed by atoms with Crippen LogP contribution >= 0.6 is 0 Å². The second-order valence-corrected chi connectivity index (χ2v) is 8.25. The number of methoxy groups -OCH3 is 1. The molecular weight excluding hydrogens is 377 g/mol. The first-order valence-electron chi connectivity index (χ1n) is 8.60. The van der Waals surface area contributed by atoms with Gasteiger partial charge in [-0.2, -0.15) is 4.98 Å². The van der Waals surface area contributed by atoms with Crippen LogP contribution in [0.25, 0.3) is 0 Å². The molecule has 148 valence electrons. The average Bonchev–Trinajstić information content (AvgIpc) is 3.30. The van der Waals surface area contributed by atoms with Crippen LogP contribution in [0.15, 0.2) is 28.8 Å². The van der Waals surface area contributed by atoms with E-state index < -0.39 is 15.8 Å². The molecular formula is C17H22FN3O5S. The summed E-state index contributed by atoms with van der Waals surface area (Å²) in [7, 11) is -2.04. The topological polar surface area (TPSA) is 94.8 Å². The van der Waals surface area contributed by atoms with Crippen LogP contribution in [-0.2, 0) is 31.9 Å². The molecule has 10 heteroatoms. The van der Waals surface area contributed by atoms with Crippen LogP contribution in [-0.4, -0.2) is 56.3 Å². The first-order chi connectivity index (χ1) is 13.0. The summed E-state index contributed by atoms with van der Waals surface area (Å²) in [6, 6.07) is 5.89. The van der Waals surface area contributed by atoms with E-state index in [0.29, 0.717) is 37.9 Å². The molecule has 1 aromatic heterocycles. The minimum Gasteiger partial charge on any atom is -0.382 e. The van der Waals surface area contributed by atoms with E-state index in [1.54, 1.807) is 13.2 Å². The Hall–Kier alpha value is -1.88. The van der Waals surface area contributed by atoms with Crippen molar-refractivity contribution in [1.82, 2.24) is 14.4 Å². The molecule has 1 aliphatic rings. The molecule has 3 rings (SSSR count). The fourth-order valence-electron chi connectivity index (χ4n) is 2.89. The monoisotopic (exact) mass is 399 g/mol. The van der Waals surface area contributed by atoms with Crippen molar-refractivity contribution in [1.29, 1.82) is 0 Å². The molecule has 27 heavy (non-hydrogen) atoms. The van der Waals surface area contributed by atoms with Gasteiger partial charge in [-0.05, 0) is 12.5 Å². The van der Waals surface area contributed by atoms with Gasteiger partial charge in [0, 0.05) is 31.7 Å². The highest BCUT2D eigenvalue weighted by molar-refractivity contribution is 7.88. The molecule has 1 fully saturated rings. The number of sulfonamides is 1. The first-order valence-corrected chi connectivity index (χ1v) is 10.2. The van der Waals surface area contributed by atoms with Gasteiger partial charge >= 0.3 is 0 Å². The van der Waals surface area contributed by atoms with Crippen LogP contribution < -0.4 is 0 Å². The van der Waals surface area contributed by atoms with E-state index in [0.717, 1.165) is 0 Å². The lowest BCUT2D eigenvalue weighted by atomic mass is 10.1. The summed E-state index contributed by atoms with van der Waals surface area (Å²) < 4.78 is 55.7. The van der Waals surface area contributed by atoms with E-state index in [2.05, 4.69) is 10.1 Å². The number of nitrogens with zero attached hydrogens (tertiary/aromatic N) is 3. The summed E-state index contributed by atoms with van der Waals surface area (Å²) in [5.74, 6) is -0.236. The number of rotatable bonds is 9. The zero-order chi connectivity index (χ0) is 19.3. The normalized spacial score (nSPS) is 18.2. The number of ether oxygens (including phenoxy) is 2. The van der Waals surface area contributed by atoms with Gasteiger partial charge in [-0.3, -0.25) is 0 Å². The summed E-state index contributed by atoms with van der Waals surface area (Å²) in [5, 5.41) is 3.93. The summed E-state index contributed by atoms with van der Waals surface area (Å²) in [5.41, 5.74) is 0.163. The van der Waals surface area contributed by atoms with Gasteiger partial charge < -0.3 is 14.0 Å². The van der Waals surface area contributed by atoms with Crippen LogP contribution in [0.5, 0.6) is 0 Å². The third-order valence-electron chi connectivity index (χ3n) is 4.35. The molecule has 0 spiro atoms.